The number of hydrogen-bond acceptors (Lipinski definition) is 2. The molecule has 1 heterocycles. The molecule has 0 radical (unpaired) electrons. The lowest BCUT2D eigenvalue weighted by Gasteiger charge is -2.42. The van der Waals surface area contributed by atoms with Gasteiger partial charge in [0.15, 0.2) is 5.58 Å². The average molecular weight is 359 g/mol. The van der Waals surface area contributed by atoms with Crippen LogP contribution in [0.5, 0.6) is 5.75 Å². The lowest BCUT2D eigenvalue weighted by molar-refractivity contribution is 0.444. The van der Waals surface area contributed by atoms with Crippen LogP contribution in [0.4, 0.5) is 4.39 Å². The Kier molecular flexibility index (Phi) is 4.67. The van der Waals surface area contributed by atoms with Crippen molar-refractivity contribution in [3.8, 4) is 5.75 Å². The molecule has 0 N–H and O–H groups in total. The zero-order chi connectivity index (χ0) is 18.4. The molecular weight excluding hydrogens is 331 g/mol. The van der Waals surface area contributed by atoms with E-state index >= 15 is 4.39 Å². The molecule has 0 aliphatic heterocycles. The van der Waals surface area contributed by atoms with E-state index in [1.165, 1.54) is 0 Å². The third kappa shape index (κ3) is 2.76. The van der Waals surface area contributed by atoms with E-state index < -0.39 is 8.32 Å². The predicted molar refractivity (Wildman–Crippen MR) is 105 cm³/mol. The summed E-state index contributed by atoms with van der Waals surface area (Å²) < 4.78 is 27.5. The molecule has 0 unspecified atom stereocenters. The molecule has 0 fully saturated rings. The average Bonchev–Trinajstić information content (AvgIpc) is 2.93. The number of rotatable bonds is 5. The molecule has 3 rings (SSSR count). The van der Waals surface area contributed by atoms with Crippen molar-refractivity contribution in [2.75, 3.05) is 0 Å². The summed E-state index contributed by atoms with van der Waals surface area (Å²) in [6.45, 7) is 13.2. The van der Waals surface area contributed by atoms with Crippen molar-refractivity contribution in [1.82, 2.24) is 0 Å². The molecule has 25 heavy (non-hydrogen) atoms. The fourth-order valence-corrected chi connectivity index (χ4v) is 9.61. The summed E-state index contributed by atoms with van der Waals surface area (Å²) in [6.07, 6.45) is 0. The van der Waals surface area contributed by atoms with E-state index in [1.807, 2.05) is 30.3 Å². The summed E-state index contributed by atoms with van der Waals surface area (Å²) in [7, 11) is -2.21. The Bertz CT molecular complexity index is 874. The Hall–Kier alpha value is -1.81. The zero-order valence-electron chi connectivity index (χ0n) is 15.9. The van der Waals surface area contributed by atoms with Crippen LogP contribution in [0.3, 0.4) is 0 Å². The molecule has 134 valence electrons. The minimum atomic E-state index is -2.21. The van der Waals surface area contributed by atoms with Crippen LogP contribution < -0.4 is 4.43 Å². The molecule has 2 nitrogen and oxygen atoms in total. The lowest BCUT2D eigenvalue weighted by atomic mass is 10.1. The van der Waals surface area contributed by atoms with E-state index in [-0.39, 0.29) is 11.4 Å². The van der Waals surface area contributed by atoms with Gasteiger partial charge in [0.2, 0.25) is 5.82 Å². The normalized spacial score (nSPS) is 12.9. The van der Waals surface area contributed by atoms with Gasteiger partial charge in [-0.15, -0.1) is 0 Å². The number of fused-ring (bicyclic) bond motifs is 3. The highest BCUT2D eigenvalue weighted by molar-refractivity contribution is 6.78. The van der Waals surface area contributed by atoms with Gasteiger partial charge >= 0.3 is 0 Å². The Balaban J connectivity index is 2.15. The fourth-order valence-electron chi connectivity index (χ4n) is 4.36. The summed E-state index contributed by atoms with van der Waals surface area (Å²) in [5.41, 5.74) is 2.15. The lowest BCUT2D eigenvalue weighted by Crippen LogP contribution is -2.50. The molecule has 0 bridgehead atoms. The van der Waals surface area contributed by atoms with E-state index in [0.29, 0.717) is 28.0 Å². The summed E-state index contributed by atoms with van der Waals surface area (Å²) in [6, 6.07) is 11.3. The fraction of sp³-hybridized carbons (Fsp3) is 0.429. The topological polar surface area (TPSA) is 22.4 Å². The van der Waals surface area contributed by atoms with Gasteiger partial charge in [-0.05, 0) is 34.8 Å². The van der Waals surface area contributed by atoms with Crippen LogP contribution in [0, 0.1) is 5.82 Å². The molecule has 0 saturated carbocycles. The SMILES string of the molecule is CC(C)[Si](Oc1ccc2c(oc3ccccc32)c1F)(C(C)C)C(C)C. The van der Waals surface area contributed by atoms with Crippen molar-refractivity contribution < 1.29 is 13.2 Å². The summed E-state index contributed by atoms with van der Waals surface area (Å²) in [4.78, 5) is 0. The molecule has 0 amide bonds. The largest absolute Gasteiger partial charge is 0.541 e. The third-order valence-corrected chi connectivity index (χ3v) is 11.4. The summed E-state index contributed by atoms with van der Waals surface area (Å²) >= 11 is 0. The Morgan fingerprint density at radius 2 is 1.44 bits per heavy atom. The van der Waals surface area contributed by atoms with Crippen molar-refractivity contribution in [2.24, 2.45) is 0 Å². The maximum atomic E-state index is 15.2. The quantitative estimate of drug-likeness (QED) is 0.447. The van der Waals surface area contributed by atoms with E-state index in [2.05, 4.69) is 41.5 Å². The van der Waals surface area contributed by atoms with Gasteiger partial charge in [-0.3, -0.25) is 0 Å². The molecule has 3 aromatic rings. The molecule has 0 aliphatic carbocycles. The first kappa shape index (κ1) is 18.0. The maximum absolute atomic E-state index is 15.2. The first-order valence-corrected chi connectivity index (χ1v) is 11.2. The van der Waals surface area contributed by atoms with Crippen molar-refractivity contribution in [2.45, 2.75) is 58.2 Å². The van der Waals surface area contributed by atoms with E-state index in [9.17, 15) is 0 Å². The van der Waals surface area contributed by atoms with Crippen LogP contribution in [0.2, 0.25) is 16.6 Å². The Labute approximate surface area is 150 Å². The van der Waals surface area contributed by atoms with Gasteiger partial charge in [0, 0.05) is 10.8 Å². The van der Waals surface area contributed by atoms with Gasteiger partial charge < -0.3 is 8.84 Å². The molecule has 0 saturated heterocycles. The smallest absolute Gasteiger partial charge is 0.258 e. The van der Waals surface area contributed by atoms with Crippen LogP contribution in [-0.4, -0.2) is 8.32 Å². The van der Waals surface area contributed by atoms with Crippen LogP contribution >= 0.6 is 0 Å². The molecule has 0 spiro atoms. The number of halogens is 1. The first-order chi connectivity index (χ1) is 11.8. The highest BCUT2D eigenvalue weighted by atomic mass is 28.4. The Morgan fingerprint density at radius 3 is 2.04 bits per heavy atom. The molecular formula is C21H27FO2Si. The standard InChI is InChI=1S/C21H27FO2Si/c1-13(2)25(14(3)4,15(5)6)24-19-12-11-17-16-9-7-8-10-18(16)23-21(17)20(19)22/h7-15H,1-6H3. The van der Waals surface area contributed by atoms with Gasteiger partial charge in [0.1, 0.15) is 11.3 Å². The Morgan fingerprint density at radius 1 is 0.840 bits per heavy atom. The second-order valence-corrected chi connectivity index (χ2v) is 13.1. The predicted octanol–water partition coefficient (Wildman–Crippen LogP) is 7.28. The molecule has 0 aliphatic rings. The minimum absolute atomic E-state index is 0.290. The highest BCUT2D eigenvalue weighted by Gasteiger charge is 2.47. The monoisotopic (exact) mass is 358 g/mol. The maximum Gasteiger partial charge on any atom is 0.258 e. The third-order valence-electron chi connectivity index (χ3n) is 5.44. The molecule has 2 aromatic carbocycles. The van der Waals surface area contributed by atoms with Gasteiger partial charge in [-0.1, -0.05) is 59.7 Å². The van der Waals surface area contributed by atoms with Gasteiger partial charge in [0.05, 0.1) is 0 Å². The van der Waals surface area contributed by atoms with Crippen LogP contribution in [-0.2, 0) is 0 Å². The van der Waals surface area contributed by atoms with Gasteiger partial charge in [-0.2, -0.15) is 4.39 Å². The van der Waals surface area contributed by atoms with E-state index in [0.717, 1.165) is 10.8 Å². The summed E-state index contributed by atoms with van der Waals surface area (Å²) in [5, 5.41) is 1.73. The van der Waals surface area contributed by atoms with Crippen molar-refractivity contribution >= 4 is 30.3 Å². The van der Waals surface area contributed by atoms with Crippen LogP contribution in [0.1, 0.15) is 41.5 Å². The van der Waals surface area contributed by atoms with Crippen molar-refractivity contribution in [1.29, 1.82) is 0 Å². The number of benzene rings is 2. The first-order valence-electron chi connectivity index (χ1n) is 9.07. The molecule has 4 heteroatoms. The van der Waals surface area contributed by atoms with Crippen molar-refractivity contribution in [3.63, 3.8) is 0 Å². The van der Waals surface area contributed by atoms with E-state index in [1.54, 1.807) is 6.07 Å². The van der Waals surface area contributed by atoms with Crippen LogP contribution in [0.25, 0.3) is 21.9 Å². The van der Waals surface area contributed by atoms with Gasteiger partial charge in [0.25, 0.3) is 8.32 Å². The minimum Gasteiger partial charge on any atom is -0.541 e. The summed E-state index contributed by atoms with van der Waals surface area (Å²) in [5.74, 6) is -0.0538. The molecule has 0 atom stereocenters. The van der Waals surface area contributed by atoms with E-state index in [4.69, 9.17) is 8.84 Å². The number of hydrogen-bond donors (Lipinski definition) is 0. The second kappa shape index (κ2) is 6.49. The number of furan rings is 1. The van der Waals surface area contributed by atoms with Gasteiger partial charge in [-0.25, -0.2) is 0 Å². The molecule has 1 aromatic heterocycles. The second-order valence-electron chi connectivity index (χ2n) is 7.77. The zero-order valence-corrected chi connectivity index (χ0v) is 16.9. The van der Waals surface area contributed by atoms with Crippen molar-refractivity contribution in [3.05, 3.63) is 42.2 Å². The van der Waals surface area contributed by atoms with Crippen LogP contribution in [0.15, 0.2) is 40.8 Å². The number of para-hydroxylation sites is 1. The highest BCUT2D eigenvalue weighted by Crippen LogP contribution is 2.44.